The molecule has 0 aliphatic rings. The molecule has 0 saturated heterocycles. The van der Waals surface area contributed by atoms with Crippen LogP contribution >= 0.6 is 11.6 Å². The van der Waals surface area contributed by atoms with E-state index in [1.807, 2.05) is 36.7 Å². The molecule has 22 heavy (non-hydrogen) atoms. The first-order chi connectivity index (χ1) is 10.7. The van der Waals surface area contributed by atoms with Crippen LogP contribution in [0.15, 0.2) is 67.0 Å². The van der Waals surface area contributed by atoms with Crippen LogP contribution in [0, 0.1) is 6.92 Å². The van der Waals surface area contributed by atoms with Crippen LogP contribution in [-0.4, -0.2) is 4.98 Å². The van der Waals surface area contributed by atoms with Crippen molar-refractivity contribution in [3.05, 3.63) is 83.1 Å². The molecule has 3 rings (SSSR count). The summed E-state index contributed by atoms with van der Waals surface area (Å²) in [4.78, 5) is 4.31. The summed E-state index contributed by atoms with van der Waals surface area (Å²) in [5.41, 5.74) is 4.49. The Bertz CT molecular complexity index is 768. The van der Waals surface area contributed by atoms with E-state index in [-0.39, 0.29) is 0 Å². The molecule has 0 unspecified atom stereocenters. The van der Waals surface area contributed by atoms with E-state index >= 15 is 0 Å². The lowest BCUT2D eigenvalue weighted by atomic mass is 10.0. The van der Waals surface area contributed by atoms with E-state index in [1.165, 1.54) is 5.56 Å². The number of aromatic nitrogens is 1. The van der Waals surface area contributed by atoms with Gasteiger partial charge in [-0.25, -0.2) is 0 Å². The molecule has 0 amide bonds. The Balaban J connectivity index is 1.77. The van der Waals surface area contributed by atoms with Gasteiger partial charge in [0.2, 0.25) is 0 Å². The van der Waals surface area contributed by atoms with Crippen molar-refractivity contribution in [3.63, 3.8) is 0 Å². The highest BCUT2D eigenvalue weighted by Gasteiger charge is 2.03. The molecule has 0 aliphatic carbocycles. The van der Waals surface area contributed by atoms with Crippen LogP contribution in [0.4, 0.5) is 0 Å². The van der Waals surface area contributed by atoms with Crippen molar-refractivity contribution < 1.29 is 4.74 Å². The lowest BCUT2D eigenvalue weighted by molar-refractivity contribution is 0.306. The second-order valence-electron chi connectivity index (χ2n) is 5.17. The summed E-state index contributed by atoms with van der Waals surface area (Å²) in [5.74, 6) is 0.685. The smallest absolute Gasteiger partial charge is 0.138 e. The molecule has 2 aromatic carbocycles. The van der Waals surface area contributed by atoms with Gasteiger partial charge < -0.3 is 4.74 Å². The van der Waals surface area contributed by atoms with Crippen LogP contribution in [-0.2, 0) is 6.61 Å². The minimum absolute atomic E-state index is 0.441. The molecule has 0 N–H and O–H groups in total. The van der Waals surface area contributed by atoms with Crippen molar-refractivity contribution in [1.82, 2.24) is 4.98 Å². The molecular formula is C19H16ClNO. The fourth-order valence-electron chi connectivity index (χ4n) is 2.19. The van der Waals surface area contributed by atoms with E-state index in [1.54, 1.807) is 0 Å². The van der Waals surface area contributed by atoms with Crippen molar-refractivity contribution >= 4 is 11.6 Å². The first-order valence-corrected chi connectivity index (χ1v) is 7.48. The topological polar surface area (TPSA) is 22.1 Å². The number of halogens is 1. The molecule has 3 aromatic rings. The number of rotatable bonds is 4. The lowest BCUT2D eigenvalue weighted by Gasteiger charge is -2.09. The molecule has 0 bridgehead atoms. The van der Waals surface area contributed by atoms with Gasteiger partial charge in [0.25, 0.3) is 0 Å². The van der Waals surface area contributed by atoms with Crippen LogP contribution in [0.25, 0.3) is 11.1 Å². The normalized spacial score (nSPS) is 10.5. The summed E-state index contributed by atoms with van der Waals surface area (Å²) >= 11 is 6.09. The Morgan fingerprint density at radius 3 is 2.50 bits per heavy atom. The molecule has 0 aliphatic heterocycles. The number of benzene rings is 2. The van der Waals surface area contributed by atoms with Crippen molar-refractivity contribution in [3.8, 4) is 16.9 Å². The van der Waals surface area contributed by atoms with E-state index < -0.39 is 0 Å². The fourth-order valence-corrected chi connectivity index (χ4v) is 2.38. The maximum absolute atomic E-state index is 6.09. The molecule has 3 heteroatoms. The van der Waals surface area contributed by atoms with E-state index in [0.717, 1.165) is 16.7 Å². The number of hydrogen-bond donors (Lipinski definition) is 0. The Morgan fingerprint density at radius 1 is 0.955 bits per heavy atom. The highest BCUT2D eigenvalue weighted by atomic mass is 35.5. The second kappa shape index (κ2) is 6.63. The van der Waals surface area contributed by atoms with E-state index in [2.05, 4.69) is 42.2 Å². The fraction of sp³-hybridized carbons (Fsp3) is 0.105. The molecule has 1 heterocycles. The van der Waals surface area contributed by atoms with Crippen LogP contribution in [0.5, 0.6) is 5.75 Å². The van der Waals surface area contributed by atoms with Crippen molar-refractivity contribution in [2.45, 2.75) is 13.5 Å². The van der Waals surface area contributed by atoms with E-state index in [0.29, 0.717) is 17.4 Å². The molecule has 0 saturated carbocycles. The zero-order chi connectivity index (χ0) is 15.4. The first kappa shape index (κ1) is 14.6. The van der Waals surface area contributed by atoms with Gasteiger partial charge >= 0.3 is 0 Å². The van der Waals surface area contributed by atoms with Gasteiger partial charge in [-0.05, 0) is 30.7 Å². The maximum Gasteiger partial charge on any atom is 0.138 e. The Kier molecular flexibility index (Phi) is 4.40. The van der Waals surface area contributed by atoms with Crippen LogP contribution < -0.4 is 4.74 Å². The molecule has 0 atom stereocenters. The van der Waals surface area contributed by atoms with Crippen LogP contribution in [0.1, 0.15) is 11.1 Å². The summed E-state index contributed by atoms with van der Waals surface area (Å²) in [7, 11) is 0. The van der Waals surface area contributed by atoms with Crippen LogP contribution in [0.3, 0.4) is 0 Å². The van der Waals surface area contributed by atoms with Crippen LogP contribution in [0.2, 0.25) is 5.02 Å². The maximum atomic E-state index is 6.09. The minimum atomic E-state index is 0.441. The lowest BCUT2D eigenvalue weighted by Crippen LogP contribution is -1.97. The SMILES string of the molecule is Cc1ccc(-c2cncc(COc3ccccc3Cl)c2)cc1. The Hall–Kier alpha value is -2.32. The van der Waals surface area contributed by atoms with Gasteiger partial charge in [-0.3, -0.25) is 4.98 Å². The molecule has 0 radical (unpaired) electrons. The number of aryl methyl sites for hydroxylation is 1. The van der Waals surface area contributed by atoms with Crippen molar-refractivity contribution in [1.29, 1.82) is 0 Å². The summed E-state index contributed by atoms with van der Waals surface area (Å²) in [5, 5.41) is 0.616. The van der Waals surface area contributed by atoms with Gasteiger partial charge in [-0.15, -0.1) is 0 Å². The zero-order valence-electron chi connectivity index (χ0n) is 12.3. The molecule has 2 nitrogen and oxygen atoms in total. The average Bonchev–Trinajstić information content (AvgIpc) is 2.55. The standard InChI is InChI=1S/C19H16ClNO/c1-14-6-8-16(9-7-14)17-10-15(11-21-12-17)13-22-19-5-3-2-4-18(19)20/h2-12H,13H2,1H3. The minimum Gasteiger partial charge on any atom is -0.487 e. The number of pyridine rings is 1. The third-order valence-electron chi connectivity index (χ3n) is 3.41. The number of para-hydroxylation sites is 1. The summed E-state index contributed by atoms with van der Waals surface area (Å²) in [6.07, 6.45) is 3.68. The molecule has 0 fully saturated rings. The monoisotopic (exact) mass is 309 g/mol. The van der Waals surface area contributed by atoms with Gasteiger partial charge in [-0.1, -0.05) is 53.6 Å². The van der Waals surface area contributed by atoms with Crippen molar-refractivity contribution in [2.24, 2.45) is 0 Å². The Labute approximate surface area is 135 Å². The van der Waals surface area contributed by atoms with Gasteiger partial charge in [0.15, 0.2) is 0 Å². The molecule has 1 aromatic heterocycles. The third-order valence-corrected chi connectivity index (χ3v) is 3.72. The summed E-state index contributed by atoms with van der Waals surface area (Å²) in [6.45, 7) is 2.52. The quantitative estimate of drug-likeness (QED) is 0.653. The largest absolute Gasteiger partial charge is 0.487 e. The van der Waals surface area contributed by atoms with Gasteiger partial charge in [0.1, 0.15) is 12.4 Å². The Morgan fingerprint density at radius 2 is 1.73 bits per heavy atom. The van der Waals surface area contributed by atoms with Gasteiger partial charge in [-0.2, -0.15) is 0 Å². The highest BCUT2D eigenvalue weighted by Crippen LogP contribution is 2.25. The highest BCUT2D eigenvalue weighted by molar-refractivity contribution is 6.32. The second-order valence-corrected chi connectivity index (χ2v) is 5.57. The number of hydrogen-bond acceptors (Lipinski definition) is 2. The number of ether oxygens (including phenoxy) is 1. The molecule has 110 valence electrons. The zero-order valence-corrected chi connectivity index (χ0v) is 13.0. The van der Waals surface area contributed by atoms with Gasteiger partial charge in [0.05, 0.1) is 5.02 Å². The van der Waals surface area contributed by atoms with E-state index in [4.69, 9.17) is 16.3 Å². The summed E-state index contributed by atoms with van der Waals surface area (Å²) < 4.78 is 5.76. The third kappa shape index (κ3) is 3.46. The first-order valence-electron chi connectivity index (χ1n) is 7.11. The van der Waals surface area contributed by atoms with E-state index in [9.17, 15) is 0 Å². The molecular weight excluding hydrogens is 294 g/mol. The average molecular weight is 310 g/mol. The molecule has 0 spiro atoms. The number of nitrogens with zero attached hydrogens (tertiary/aromatic N) is 1. The predicted molar refractivity (Wildman–Crippen MR) is 90.2 cm³/mol. The predicted octanol–water partition coefficient (Wildman–Crippen LogP) is 5.29. The van der Waals surface area contributed by atoms with Gasteiger partial charge in [0, 0.05) is 23.5 Å². The van der Waals surface area contributed by atoms with Crippen molar-refractivity contribution in [2.75, 3.05) is 0 Å². The summed E-state index contributed by atoms with van der Waals surface area (Å²) in [6, 6.07) is 18.0.